The van der Waals surface area contributed by atoms with Gasteiger partial charge in [0.2, 0.25) is 0 Å². The third kappa shape index (κ3) is 5.88. The smallest absolute Gasteiger partial charge is 0.319 e. The number of carbonyl (C=O) groups excluding carboxylic acids is 1. The van der Waals surface area contributed by atoms with Crippen molar-refractivity contribution in [2.24, 2.45) is 0 Å². The first-order valence-corrected chi connectivity index (χ1v) is 13.6. The molecule has 38 heavy (non-hydrogen) atoms. The van der Waals surface area contributed by atoms with Crippen molar-refractivity contribution in [1.82, 2.24) is 19.8 Å². The molecular formula is C28H33ClFN5O3. The Hall–Kier alpha value is -3.33. The summed E-state index contributed by atoms with van der Waals surface area (Å²) in [5.74, 6) is 0.702. The Kier molecular flexibility index (Phi) is 8.02. The van der Waals surface area contributed by atoms with Gasteiger partial charge < -0.3 is 24.6 Å². The van der Waals surface area contributed by atoms with Crippen molar-refractivity contribution in [3.05, 3.63) is 47.2 Å². The number of anilines is 2. The SMILES string of the molecule is COc1ccc2c(Nc3ccc(F)c(Cl)c3)nc(OC3CCC(N(C)C(=O)N4CCCCC4)CC3)nc2c1. The second kappa shape index (κ2) is 11.6. The number of ether oxygens (including phenoxy) is 2. The summed E-state index contributed by atoms with van der Waals surface area (Å²) in [6.45, 7) is 1.71. The molecule has 0 bridgehead atoms. The standard InChI is InChI=1S/C28H33ClFN5O3/c1-34(28(36)35-14-4-3-5-15-35)19-7-9-20(10-8-19)38-27-32-25-17-21(37-2)11-12-22(25)26(33-27)31-18-6-13-24(30)23(29)16-18/h6,11-13,16-17,19-20H,3-5,7-10,14-15H2,1-2H3,(H,31,32,33). The topological polar surface area (TPSA) is 79.8 Å². The summed E-state index contributed by atoms with van der Waals surface area (Å²) in [5, 5.41) is 4.01. The van der Waals surface area contributed by atoms with Crippen molar-refractivity contribution < 1.29 is 18.7 Å². The van der Waals surface area contributed by atoms with Crippen LogP contribution in [0.25, 0.3) is 10.9 Å². The number of nitrogens with one attached hydrogen (secondary N) is 1. The number of hydrogen-bond acceptors (Lipinski definition) is 6. The number of amides is 2. The Balaban J connectivity index is 1.29. The largest absolute Gasteiger partial charge is 0.497 e. The van der Waals surface area contributed by atoms with Crippen LogP contribution in [0.2, 0.25) is 5.02 Å². The first kappa shape index (κ1) is 26.3. The molecule has 2 fully saturated rings. The van der Waals surface area contributed by atoms with Crippen LogP contribution in [0.5, 0.6) is 11.8 Å². The maximum absolute atomic E-state index is 13.7. The van der Waals surface area contributed by atoms with Crippen LogP contribution in [-0.4, -0.2) is 65.2 Å². The highest BCUT2D eigenvalue weighted by molar-refractivity contribution is 6.31. The van der Waals surface area contributed by atoms with Crippen molar-refractivity contribution >= 4 is 40.0 Å². The molecule has 1 saturated carbocycles. The molecule has 1 aromatic heterocycles. The lowest BCUT2D eigenvalue weighted by molar-refractivity contribution is 0.0878. The van der Waals surface area contributed by atoms with E-state index in [0.29, 0.717) is 22.8 Å². The number of likely N-dealkylation sites (tertiary alicyclic amines) is 1. The zero-order chi connectivity index (χ0) is 26.6. The van der Waals surface area contributed by atoms with E-state index in [1.54, 1.807) is 13.2 Å². The van der Waals surface area contributed by atoms with E-state index in [0.717, 1.165) is 57.0 Å². The summed E-state index contributed by atoms with van der Waals surface area (Å²) in [7, 11) is 3.52. The molecule has 1 aliphatic carbocycles. The molecule has 1 saturated heterocycles. The molecule has 8 nitrogen and oxygen atoms in total. The van der Waals surface area contributed by atoms with Crippen molar-refractivity contribution in [2.45, 2.75) is 57.1 Å². The summed E-state index contributed by atoms with van der Waals surface area (Å²) in [5.41, 5.74) is 1.26. The Morgan fingerprint density at radius 2 is 1.84 bits per heavy atom. The van der Waals surface area contributed by atoms with E-state index in [1.165, 1.54) is 18.6 Å². The van der Waals surface area contributed by atoms with Gasteiger partial charge in [-0.15, -0.1) is 0 Å². The van der Waals surface area contributed by atoms with E-state index in [4.69, 9.17) is 21.1 Å². The molecule has 3 aromatic rings. The predicted molar refractivity (Wildman–Crippen MR) is 146 cm³/mol. The summed E-state index contributed by atoms with van der Waals surface area (Å²) in [6.07, 6.45) is 6.65. The number of carbonyl (C=O) groups is 1. The maximum Gasteiger partial charge on any atom is 0.319 e. The molecule has 0 radical (unpaired) electrons. The van der Waals surface area contributed by atoms with Gasteiger partial charge in [0.15, 0.2) is 0 Å². The number of halogens is 2. The third-order valence-corrected chi connectivity index (χ3v) is 7.75. The van der Waals surface area contributed by atoms with Gasteiger partial charge in [-0.05, 0) is 75.3 Å². The summed E-state index contributed by atoms with van der Waals surface area (Å²) in [6, 6.07) is 10.5. The first-order chi connectivity index (χ1) is 18.4. The molecule has 1 N–H and O–H groups in total. The number of fused-ring (bicyclic) bond motifs is 1. The van der Waals surface area contributed by atoms with E-state index < -0.39 is 5.82 Å². The second-order valence-corrected chi connectivity index (χ2v) is 10.4. The number of nitrogens with zero attached hydrogens (tertiary/aromatic N) is 4. The number of urea groups is 1. The minimum atomic E-state index is -0.489. The van der Waals surface area contributed by atoms with Crippen LogP contribution in [0.4, 0.5) is 20.7 Å². The van der Waals surface area contributed by atoms with Crippen molar-refractivity contribution in [3.8, 4) is 11.8 Å². The lowest BCUT2D eigenvalue weighted by Crippen LogP contribution is -2.49. The highest BCUT2D eigenvalue weighted by Crippen LogP contribution is 2.32. The molecule has 1 aliphatic heterocycles. The van der Waals surface area contributed by atoms with Gasteiger partial charge in [0.25, 0.3) is 0 Å². The van der Waals surface area contributed by atoms with Crippen LogP contribution in [0, 0.1) is 5.82 Å². The molecule has 0 spiro atoms. The molecule has 5 rings (SSSR count). The van der Waals surface area contributed by atoms with Crippen molar-refractivity contribution in [3.63, 3.8) is 0 Å². The molecule has 2 aromatic carbocycles. The van der Waals surface area contributed by atoms with Gasteiger partial charge in [0.1, 0.15) is 23.5 Å². The van der Waals surface area contributed by atoms with Gasteiger partial charge in [-0.2, -0.15) is 9.97 Å². The van der Waals surface area contributed by atoms with Gasteiger partial charge >= 0.3 is 12.0 Å². The Labute approximate surface area is 227 Å². The zero-order valence-electron chi connectivity index (χ0n) is 21.8. The van der Waals surface area contributed by atoms with Crippen LogP contribution in [0.1, 0.15) is 44.9 Å². The van der Waals surface area contributed by atoms with Crippen molar-refractivity contribution in [1.29, 1.82) is 0 Å². The highest BCUT2D eigenvalue weighted by atomic mass is 35.5. The van der Waals surface area contributed by atoms with Crippen LogP contribution < -0.4 is 14.8 Å². The van der Waals surface area contributed by atoms with Crippen molar-refractivity contribution in [2.75, 3.05) is 32.6 Å². The quantitative estimate of drug-likeness (QED) is 0.389. The highest BCUT2D eigenvalue weighted by Gasteiger charge is 2.30. The lowest BCUT2D eigenvalue weighted by atomic mass is 9.92. The molecule has 202 valence electrons. The number of piperidine rings is 1. The van der Waals surface area contributed by atoms with Crippen LogP contribution in [-0.2, 0) is 0 Å². The molecule has 2 amide bonds. The molecular weight excluding hydrogens is 509 g/mol. The fourth-order valence-electron chi connectivity index (χ4n) is 5.24. The second-order valence-electron chi connectivity index (χ2n) is 9.98. The van der Waals surface area contributed by atoms with Gasteiger partial charge in [-0.25, -0.2) is 9.18 Å². The van der Waals surface area contributed by atoms with Gasteiger partial charge in [-0.3, -0.25) is 0 Å². The summed E-state index contributed by atoms with van der Waals surface area (Å²) >= 11 is 5.98. The minimum Gasteiger partial charge on any atom is -0.497 e. The predicted octanol–water partition coefficient (Wildman–Crippen LogP) is 6.40. The van der Waals surface area contributed by atoms with E-state index >= 15 is 0 Å². The molecule has 0 unspecified atom stereocenters. The van der Waals surface area contributed by atoms with E-state index in [-0.39, 0.29) is 29.2 Å². The van der Waals surface area contributed by atoms with Crippen LogP contribution in [0.3, 0.4) is 0 Å². The number of aromatic nitrogens is 2. The number of hydrogen-bond donors (Lipinski definition) is 1. The molecule has 0 atom stereocenters. The van der Waals surface area contributed by atoms with Gasteiger partial charge in [0, 0.05) is 43.3 Å². The Morgan fingerprint density at radius 1 is 1.08 bits per heavy atom. The Morgan fingerprint density at radius 3 is 2.55 bits per heavy atom. The average Bonchev–Trinajstić information content (AvgIpc) is 2.94. The van der Waals surface area contributed by atoms with Gasteiger partial charge in [-0.1, -0.05) is 11.6 Å². The fraction of sp³-hybridized carbons (Fsp3) is 0.464. The fourth-order valence-corrected chi connectivity index (χ4v) is 5.42. The maximum atomic E-state index is 13.7. The monoisotopic (exact) mass is 541 g/mol. The summed E-state index contributed by atoms with van der Waals surface area (Å²) < 4.78 is 25.3. The third-order valence-electron chi connectivity index (χ3n) is 7.46. The average molecular weight is 542 g/mol. The normalized spacial score (nSPS) is 19.7. The first-order valence-electron chi connectivity index (χ1n) is 13.2. The lowest BCUT2D eigenvalue weighted by Gasteiger charge is -2.38. The van der Waals surface area contributed by atoms with E-state index in [9.17, 15) is 9.18 Å². The van der Waals surface area contributed by atoms with E-state index in [1.807, 2.05) is 35.0 Å². The van der Waals surface area contributed by atoms with Crippen LogP contribution in [0.15, 0.2) is 36.4 Å². The number of benzene rings is 2. The minimum absolute atomic E-state index is 0.0204. The Bertz CT molecular complexity index is 1290. The molecule has 2 heterocycles. The molecule has 2 aliphatic rings. The number of methoxy groups -OCH3 is 1. The zero-order valence-corrected chi connectivity index (χ0v) is 22.5. The van der Waals surface area contributed by atoms with Crippen LogP contribution >= 0.6 is 11.6 Å². The van der Waals surface area contributed by atoms with E-state index in [2.05, 4.69) is 15.3 Å². The van der Waals surface area contributed by atoms with Gasteiger partial charge in [0.05, 0.1) is 17.6 Å². The summed E-state index contributed by atoms with van der Waals surface area (Å²) in [4.78, 5) is 26.1. The molecule has 10 heteroatoms. The number of rotatable bonds is 6.